The number of halogens is 1. The molecule has 0 atom stereocenters. The first-order chi connectivity index (χ1) is 14.9. The van der Waals surface area contributed by atoms with Crippen molar-refractivity contribution in [3.8, 4) is 5.75 Å². The molecule has 31 heavy (non-hydrogen) atoms. The Bertz CT molecular complexity index is 1170. The SMILES string of the molecule is COc1ccc(Br)cc1S(=O)(=O)C1CCN(c2nc(Cc3cccc(C)c3)cs2)CC1. The van der Waals surface area contributed by atoms with E-state index in [4.69, 9.17) is 9.72 Å². The van der Waals surface area contributed by atoms with Crippen LogP contribution in [0.15, 0.2) is 57.2 Å². The molecule has 1 aromatic heterocycles. The summed E-state index contributed by atoms with van der Waals surface area (Å²) in [5.41, 5.74) is 3.56. The Morgan fingerprint density at radius 2 is 1.97 bits per heavy atom. The van der Waals surface area contributed by atoms with Gasteiger partial charge in [-0.15, -0.1) is 11.3 Å². The van der Waals surface area contributed by atoms with Gasteiger partial charge >= 0.3 is 0 Å². The first kappa shape index (κ1) is 22.3. The molecule has 0 saturated carbocycles. The summed E-state index contributed by atoms with van der Waals surface area (Å²) in [6, 6.07) is 13.6. The van der Waals surface area contributed by atoms with Gasteiger partial charge in [0.15, 0.2) is 15.0 Å². The molecule has 2 aromatic carbocycles. The van der Waals surface area contributed by atoms with Gasteiger partial charge in [-0.05, 0) is 43.5 Å². The molecule has 5 nitrogen and oxygen atoms in total. The topological polar surface area (TPSA) is 59.5 Å². The monoisotopic (exact) mass is 520 g/mol. The van der Waals surface area contributed by atoms with E-state index in [1.54, 1.807) is 29.5 Å². The molecule has 0 unspecified atom stereocenters. The first-order valence-electron chi connectivity index (χ1n) is 10.2. The van der Waals surface area contributed by atoms with Gasteiger partial charge in [0.05, 0.1) is 18.1 Å². The lowest BCUT2D eigenvalue weighted by atomic mass is 10.1. The number of sulfone groups is 1. The lowest BCUT2D eigenvalue weighted by Crippen LogP contribution is -2.39. The van der Waals surface area contributed by atoms with E-state index in [0.717, 1.165) is 21.7 Å². The Labute approximate surface area is 196 Å². The van der Waals surface area contributed by atoms with Crippen LogP contribution in [0.25, 0.3) is 0 Å². The number of hydrogen-bond acceptors (Lipinski definition) is 6. The van der Waals surface area contributed by atoms with Gasteiger partial charge in [0, 0.05) is 29.4 Å². The normalized spacial score (nSPS) is 15.3. The summed E-state index contributed by atoms with van der Waals surface area (Å²) in [6.07, 6.45) is 1.96. The number of ether oxygens (including phenoxy) is 1. The summed E-state index contributed by atoms with van der Waals surface area (Å²) >= 11 is 5.01. The molecule has 3 aromatic rings. The van der Waals surface area contributed by atoms with Crippen LogP contribution in [0.5, 0.6) is 5.75 Å². The largest absolute Gasteiger partial charge is 0.495 e. The number of thiazole rings is 1. The zero-order chi connectivity index (χ0) is 22.0. The second kappa shape index (κ2) is 9.30. The predicted octanol–water partition coefficient (Wildman–Crippen LogP) is 5.26. The molecule has 164 valence electrons. The molecule has 1 aliphatic rings. The number of rotatable bonds is 6. The van der Waals surface area contributed by atoms with E-state index in [2.05, 4.69) is 57.4 Å². The highest BCUT2D eigenvalue weighted by atomic mass is 79.9. The number of nitrogens with zero attached hydrogens (tertiary/aromatic N) is 2. The molecule has 4 rings (SSSR count). The number of anilines is 1. The summed E-state index contributed by atoms with van der Waals surface area (Å²) < 4.78 is 32.6. The van der Waals surface area contributed by atoms with E-state index < -0.39 is 15.1 Å². The van der Waals surface area contributed by atoms with Crippen molar-refractivity contribution in [2.75, 3.05) is 25.1 Å². The van der Waals surface area contributed by atoms with Crippen LogP contribution in [0.4, 0.5) is 5.13 Å². The van der Waals surface area contributed by atoms with E-state index in [1.165, 1.54) is 18.2 Å². The van der Waals surface area contributed by atoms with E-state index >= 15 is 0 Å². The fourth-order valence-electron chi connectivity index (χ4n) is 3.96. The van der Waals surface area contributed by atoms with Crippen molar-refractivity contribution < 1.29 is 13.2 Å². The van der Waals surface area contributed by atoms with Crippen LogP contribution < -0.4 is 9.64 Å². The zero-order valence-electron chi connectivity index (χ0n) is 17.5. The highest BCUT2D eigenvalue weighted by Crippen LogP contribution is 2.34. The quantitative estimate of drug-likeness (QED) is 0.443. The molecule has 0 bridgehead atoms. The zero-order valence-corrected chi connectivity index (χ0v) is 20.8. The molecule has 0 spiro atoms. The molecule has 8 heteroatoms. The third-order valence-electron chi connectivity index (χ3n) is 5.59. The minimum Gasteiger partial charge on any atom is -0.495 e. The van der Waals surface area contributed by atoms with Gasteiger partial charge in [-0.1, -0.05) is 45.8 Å². The smallest absolute Gasteiger partial charge is 0.185 e. The maximum Gasteiger partial charge on any atom is 0.185 e. The summed E-state index contributed by atoms with van der Waals surface area (Å²) in [7, 11) is -1.97. The number of piperidine rings is 1. The van der Waals surface area contributed by atoms with Crippen LogP contribution in [0.3, 0.4) is 0 Å². The van der Waals surface area contributed by atoms with Crippen LogP contribution in [-0.2, 0) is 16.3 Å². The Hall–Kier alpha value is -1.90. The second-order valence-corrected chi connectivity index (χ2v) is 11.8. The summed E-state index contributed by atoms with van der Waals surface area (Å²) in [5.74, 6) is 0.395. The fraction of sp³-hybridized carbons (Fsp3) is 0.348. The van der Waals surface area contributed by atoms with Crippen LogP contribution in [0.1, 0.15) is 29.7 Å². The Morgan fingerprint density at radius 3 is 2.68 bits per heavy atom. The molecular formula is C23H25BrN2O3S2. The second-order valence-electron chi connectivity index (χ2n) is 7.81. The molecule has 0 aliphatic carbocycles. The first-order valence-corrected chi connectivity index (χ1v) is 13.4. The minimum absolute atomic E-state index is 0.262. The van der Waals surface area contributed by atoms with Gasteiger partial charge in [0.25, 0.3) is 0 Å². The highest BCUT2D eigenvalue weighted by molar-refractivity contribution is 9.10. The molecule has 1 aliphatic heterocycles. The van der Waals surface area contributed by atoms with Crippen molar-refractivity contribution in [1.82, 2.24) is 4.98 Å². The maximum atomic E-state index is 13.3. The summed E-state index contributed by atoms with van der Waals surface area (Å²) in [6.45, 7) is 3.45. The standard InChI is InChI=1S/C23H25BrN2O3S2/c1-16-4-3-5-17(12-16)13-19-15-30-23(25-19)26-10-8-20(9-11-26)31(27,28)22-14-18(24)6-7-21(22)29-2/h3-7,12,14-15,20H,8-11,13H2,1-2H3. The van der Waals surface area contributed by atoms with Crippen molar-refractivity contribution in [3.05, 3.63) is 69.1 Å². The van der Waals surface area contributed by atoms with Gasteiger partial charge < -0.3 is 9.64 Å². The van der Waals surface area contributed by atoms with Crippen LogP contribution >= 0.6 is 27.3 Å². The minimum atomic E-state index is -3.47. The predicted molar refractivity (Wildman–Crippen MR) is 129 cm³/mol. The number of benzene rings is 2. The van der Waals surface area contributed by atoms with Gasteiger partial charge in [-0.2, -0.15) is 0 Å². The van der Waals surface area contributed by atoms with Crippen LogP contribution in [0, 0.1) is 6.92 Å². The Morgan fingerprint density at radius 1 is 1.19 bits per heavy atom. The molecular weight excluding hydrogens is 496 g/mol. The Balaban J connectivity index is 1.43. The molecule has 1 saturated heterocycles. The summed E-state index contributed by atoms with van der Waals surface area (Å²) in [5, 5.41) is 2.66. The van der Waals surface area contributed by atoms with Crippen molar-refractivity contribution >= 4 is 42.2 Å². The maximum absolute atomic E-state index is 13.3. The van der Waals surface area contributed by atoms with Gasteiger partial charge in [0.2, 0.25) is 0 Å². The van der Waals surface area contributed by atoms with Gasteiger partial charge in [-0.25, -0.2) is 13.4 Å². The molecule has 0 N–H and O–H groups in total. The van der Waals surface area contributed by atoms with Crippen molar-refractivity contribution in [2.45, 2.75) is 36.3 Å². The molecule has 1 fully saturated rings. The molecule has 0 radical (unpaired) electrons. The molecule has 2 heterocycles. The highest BCUT2D eigenvalue weighted by Gasteiger charge is 2.34. The third kappa shape index (κ3) is 4.96. The number of hydrogen-bond donors (Lipinski definition) is 0. The third-order valence-corrected chi connectivity index (χ3v) is 9.32. The van der Waals surface area contributed by atoms with E-state index in [9.17, 15) is 8.42 Å². The lowest BCUT2D eigenvalue weighted by molar-refractivity contribution is 0.401. The van der Waals surface area contributed by atoms with E-state index in [-0.39, 0.29) is 4.90 Å². The van der Waals surface area contributed by atoms with Crippen LogP contribution in [-0.4, -0.2) is 38.9 Å². The van der Waals surface area contributed by atoms with Crippen molar-refractivity contribution in [2.24, 2.45) is 0 Å². The number of aromatic nitrogens is 1. The number of aryl methyl sites for hydroxylation is 1. The van der Waals surface area contributed by atoms with Gasteiger partial charge in [0.1, 0.15) is 10.6 Å². The lowest BCUT2D eigenvalue weighted by Gasteiger charge is -2.31. The average molecular weight is 522 g/mol. The van der Waals surface area contributed by atoms with Gasteiger partial charge in [-0.3, -0.25) is 0 Å². The van der Waals surface area contributed by atoms with E-state index in [0.29, 0.717) is 31.7 Å². The van der Waals surface area contributed by atoms with Crippen molar-refractivity contribution in [1.29, 1.82) is 0 Å². The van der Waals surface area contributed by atoms with Crippen molar-refractivity contribution in [3.63, 3.8) is 0 Å². The average Bonchev–Trinajstić information content (AvgIpc) is 3.22. The number of methoxy groups -OCH3 is 1. The summed E-state index contributed by atoms with van der Waals surface area (Å²) in [4.78, 5) is 7.28. The Kier molecular flexibility index (Phi) is 6.69. The van der Waals surface area contributed by atoms with E-state index in [1.807, 2.05) is 0 Å². The fourth-order valence-corrected chi connectivity index (χ4v) is 7.27. The molecule has 0 amide bonds. The van der Waals surface area contributed by atoms with Crippen LogP contribution in [0.2, 0.25) is 0 Å².